The zero-order valence-electron chi connectivity index (χ0n) is 9.25. The molecule has 0 spiro atoms. The monoisotopic (exact) mass is 193 g/mol. The van der Waals surface area contributed by atoms with Gasteiger partial charge in [0.1, 0.15) is 0 Å². The Morgan fingerprint density at radius 1 is 1.64 bits per heavy atom. The van der Waals surface area contributed by atoms with E-state index in [1.54, 1.807) is 0 Å². The van der Waals surface area contributed by atoms with Gasteiger partial charge in [-0.2, -0.15) is 5.10 Å². The minimum atomic E-state index is 0.584. The van der Waals surface area contributed by atoms with Gasteiger partial charge in [-0.05, 0) is 39.7 Å². The fourth-order valence-electron chi connectivity index (χ4n) is 2.01. The van der Waals surface area contributed by atoms with Gasteiger partial charge in [0.15, 0.2) is 0 Å². The van der Waals surface area contributed by atoms with E-state index >= 15 is 0 Å². The highest BCUT2D eigenvalue weighted by molar-refractivity contribution is 5.16. The van der Waals surface area contributed by atoms with Crippen LogP contribution in [-0.4, -0.2) is 16.8 Å². The molecule has 1 aromatic heterocycles. The van der Waals surface area contributed by atoms with Crippen molar-refractivity contribution in [3.8, 4) is 0 Å². The third-order valence-electron chi connectivity index (χ3n) is 3.20. The molecule has 78 valence electrons. The highest BCUT2D eigenvalue weighted by atomic mass is 15.3. The van der Waals surface area contributed by atoms with Crippen LogP contribution in [0.5, 0.6) is 0 Å². The Kier molecular flexibility index (Phi) is 2.59. The maximum absolute atomic E-state index is 4.47. The summed E-state index contributed by atoms with van der Waals surface area (Å²) in [5.41, 5.74) is 2.64. The van der Waals surface area contributed by atoms with Gasteiger partial charge in [0.2, 0.25) is 0 Å². The molecule has 1 unspecified atom stereocenters. The minimum absolute atomic E-state index is 0.584. The first-order valence-electron chi connectivity index (χ1n) is 5.41. The lowest BCUT2D eigenvalue weighted by Crippen LogP contribution is -2.12. The number of nitrogens with one attached hydrogen (secondary N) is 1. The van der Waals surface area contributed by atoms with E-state index in [0.717, 1.165) is 12.5 Å². The maximum atomic E-state index is 4.47. The van der Waals surface area contributed by atoms with Gasteiger partial charge in [-0.25, -0.2) is 0 Å². The third-order valence-corrected chi connectivity index (χ3v) is 3.20. The fourth-order valence-corrected chi connectivity index (χ4v) is 2.01. The van der Waals surface area contributed by atoms with Crippen LogP contribution < -0.4 is 5.32 Å². The van der Waals surface area contributed by atoms with Gasteiger partial charge >= 0.3 is 0 Å². The van der Waals surface area contributed by atoms with E-state index in [2.05, 4.69) is 28.9 Å². The van der Waals surface area contributed by atoms with Crippen molar-refractivity contribution in [3.63, 3.8) is 0 Å². The molecule has 0 bridgehead atoms. The molecular weight excluding hydrogens is 174 g/mol. The highest BCUT2D eigenvalue weighted by Crippen LogP contribution is 2.39. The Hall–Kier alpha value is -0.830. The molecule has 3 heteroatoms. The third kappa shape index (κ3) is 1.69. The Labute approximate surface area is 85.5 Å². The first-order valence-corrected chi connectivity index (χ1v) is 5.41. The van der Waals surface area contributed by atoms with E-state index in [4.69, 9.17) is 0 Å². The zero-order chi connectivity index (χ0) is 10.1. The molecule has 1 atom stereocenters. The van der Waals surface area contributed by atoms with Crippen LogP contribution in [0.25, 0.3) is 0 Å². The Bertz CT molecular complexity index is 312. The van der Waals surface area contributed by atoms with E-state index in [0.29, 0.717) is 6.04 Å². The van der Waals surface area contributed by atoms with Crippen LogP contribution in [0.15, 0.2) is 6.20 Å². The summed E-state index contributed by atoms with van der Waals surface area (Å²) in [4.78, 5) is 0. The molecule has 1 N–H and O–H groups in total. The van der Waals surface area contributed by atoms with Gasteiger partial charge < -0.3 is 5.32 Å². The number of nitrogens with zero attached hydrogens (tertiary/aromatic N) is 2. The molecule has 1 aromatic rings. The van der Waals surface area contributed by atoms with Crippen molar-refractivity contribution in [3.05, 3.63) is 17.5 Å². The lowest BCUT2D eigenvalue weighted by Gasteiger charge is -2.13. The van der Waals surface area contributed by atoms with Crippen LogP contribution in [0.2, 0.25) is 0 Å². The normalized spacial score (nSPS) is 18.5. The molecule has 0 saturated heterocycles. The number of hydrogen-bond donors (Lipinski definition) is 1. The maximum Gasteiger partial charge on any atom is 0.0537 e. The molecule has 0 aromatic carbocycles. The van der Waals surface area contributed by atoms with Crippen LogP contribution in [0.3, 0.4) is 0 Å². The summed E-state index contributed by atoms with van der Waals surface area (Å²) in [5, 5.41) is 7.64. The van der Waals surface area contributed by atoms with Crippen molar-refractivity contribution in [2.75, 3.05) is 7.05 Å². The summed E-state index contributed by atoms with van der Waals surface area (Å²) in [6, 6.07) is 0.584. The number of aromatic nitrogens is 2. The Morgan fingerprint density at radius 3 is 2.93 bits per heavy atom. The summed E-state index contributed by atoms with van der Waals surface area (Å²) in [5.74, 6) is 0.871. The quantitative estimate of drug-likeness (QED) is 0.791. The summed E-state index contributed by atoms with van der Waals surface area (Å²) < 4.78 is 2.18. The molecule has 3 nitrogen and oxygen atoms in total. The second-order valence-electron chi connectivity index (χ2n) is 4.31. The van der Waals surface area contributed by atoms with Crippen molar-refractivity contribution in [1.82, 2.24) is 15.1 Å². The second-order valence-corrected chi connectivity index (χ2v) is 4.31. The molecule has 1 fully saturated rings. The van der Waals surface area contributed by atoms with Gasteiger partial charge in [-0.3, -0.25) is 4.68 Å². The first-order chi connectivity index (χ1) is 6.74. The van der Waals surface area contributed by atoms with Crippen molar-refractivity contribution < 1.29 is 0 Å². The highest BCUT2D eigenvalue weighted by Gasteiger charge is 2.30. The van der Waals surface area contributed by atoms with E-state index in [-0.39, 0.29) is 0 Å². The number of hydrogen-bond acceptors (Lipinski definition) is 2. The van der Waals surface area contributed by atoms with Crippen LogP contribution in [0, 0.1) is 12.8 Å². The Morgan fingerprint density at radius 2 is 2.36 bits per heavy atom. The second kappa shape index (κ2) is 3.73. The average Bonchev–Trinajstić information content (AvgIpc) is 2.94. The lowest BCUT2D eigenvalue weighted by molar-refractivity contribution is 0.430. The summed E-state index contributed by atoms with van der Waals surface area (Å²) in [6.07, 6.45) is 4.74. The van der Waals surface area contributed by atoms with Gasteiger partial charge in [-0.1, -0.05) is 0 Å². The molecular formula is C11H19N3. The van der Waals surface area contributed by atoms with E-state index in [9.17, 15) is 0 Å². The standard InChI is InChI=1S/C11H19N3/c1-8(10-4-5-10)14-9(2)11(6-12-3)7-13-14/h7-8,10,12H,4-6H2,1-3H3. The summed E-state index contributed by atoms with van der Waals surface area (Å²) in [7, 11) is 1.97. The molecule has 0 amide bonds. The van der Waals surface area contributed by atoms with Crippen LogP contribution in [0.1, 0.15) is 37.1 Å². The van der Waals surface area contributed by atoms with Crippen LogP contribution >= 0.6 is 0 Å². The van der Waals surface area contributed by atoms with Gasteiger partial charge in [0, 0.05) is 17.8 Å². The lowest BCUT2D eigenvalue weighted by atomic mass is 10.2. The van der Waals surface area contributed by atoms with E-state index < -0.39 is 0 Å². The Balaban J connectivity index is 2.16. The van der Waals surface area contributed by atoms with Crippen molar-refractivity contribution in [2.45, 2.75) is 39.3 Å². The van der Waals surface area contributed by atoms with Gasteiger partial charge in [0.05, 0.1) is 12.2 Å². The molecule has 1 aliphatic carbocycles. The van der Waals surface area contributed by atoms with Crippen LogP contribution in [-0.2, 0) is 6.54 Å². The van der Waals surface area contributed by atoms with E-state index in [1.165, 1.54) is 24.1 Å². The van der Waals surface area contributed by atoms with Crippen molar-refractivity contribution >= 4 is 0 Å². The smallest absolute Gasteiger partial charge is 0.0537 e. The molecule has 14 heavy (non-hydrogen) atoms. The van der Waals surface area contributed by atoms with Crippen LogP contribution in [0.4, 0.5) is 0 Å². The average molecular weight is 193 g/mol. The topological polar surface area (TPSA) is 29.9 Å². The van der Waals surface area contributed by atoms with Crippen molar-refractivity contribution in [2.24, 2.45) is 5.92 Å². The molecule has 0 radical (unpaired) electrons. The molecule has 1 aliphatic rings. The molecule has 1 heterocycles. The fraction of sp³-hybridized carbons (Fsp3) is 0.727. The molecule has 2 rings (SSSR count). The molecule has 0 aliphatic heterocycles. The predicted octanol–water partition coefficient (Wildman–Crippen LogP) is 1.88. The predicted molar refractivity (Wildman–Crippen MR) is 57.2 cm³/mol. The largest absolute Gasteiger partial charge is 0.316 e. The van der Waals surface area contributed by atoms with Gasteiger partial charge in [-0.15, -0.1) is 0 Å². The summed E-state index contributed by atoms with van der Waals surface area (Å²) in [6.45, 7) is 5.36. The minimum Gasteiger partial charge on any atom is -0.316 e. The van der Waals surface area contributed by atoms with Crippen molar-refractivity contribution in [1.29, 1.82) is 0 Å². The van der Waals surface area contributed by atoms with Gasteiger partial charge in [0.25, 0.3) is 0 Å². The first kappa shape index (κ1) is 9.71. The SMILES string of the molecule is CNCc1cnn(C(C)C2CC2)c1C. The number of rotatable bonds is 4. The van der Waals surface area contributed by atoms with E-state index in [1.807, 2.05) is 13.2 Å². The summed E-state index contributed by atoms with van der Waals surface area (Å²) >= 11 is 0. The molecule has 1 saturated carbocycles. The zero-order valence-corrected chi connectivity index (χ0v) is 9.25.